The Hall–Kier alpha value is -1.84. The predicted octanol–water partition coefficient (Wildman–Crippen LogP) is 2.28. The average molecular weight is 236 g/mol. The van der Waals surface area contributed by atoms with E-state index in [1.54, 1.807) is 0 Å². The third-order valence-corrected chi connectivity index (χ3v) is 2.30. The van der Waals surface area contributed by atoms with Gasteiger partial charge in [-0.25, -0.2) is 4.79 Å². The first kappa shape index (κ1) is 13.2. The van der Waals surface area contributed by atoms with Crippen LogP contribution in [0.4, 0.5) is 0 Å². The molecule has 92 valence electrons. The molecular weight excluding hydrogens is 220 g/mol. The van der Waals surface area contributed by atoms with Gasteiger partial charge in [-0.15, -0.1) is 0 Å². The molecule has 0 heterocycles. The molecule has 0 fully saturated rings. The molecule has 1 rings (SSSR count). The van der Waals surface area contributed by atoms with Gasteiger partial charge in [0.15, 0.2) is 0 Å². The van der Waals surface area contributed by atoms with Gasteiger partial charge in [0.25, 0.3) is 0 Å². The number of aliphatic carboxylic acids is 1. The minimum atomic E-state index is -1.34. The molecule has 4 heteroatoms. The average Bonchev–Trinajstić information content (AvgIpc) is 2.34. The maximum atomic E-state index is 10.8. The lowest BCUT2D eigenvalue weighted by Crippen LogP contribution is -2.11. The Balaban J connectivity index is 2.02. The smallest absolute Gasteiger partial charge is 0.372 e. The number of rotatable bonds is 8. The number of hydrogen-bond acceptors (Lipinski definition) is 3. The number of ketones is 1. The minimum Gasteiger partial charge on any atom is -0.494 e. The van der Waals surface area contributed by atoms with Crippen LogP contribution in [0.2, 0.25) is 0 Å². The Morgan fingerprint density at radius 3 is 2.41 bits per heavy atom. The Bertz CT molecular complexity index is 359. The van der Waals surface area contributed by atoms with Gasteiger partial charge in [-0.2, -0.15) is 0 Å². The van der Waals surface area contributed by atoms with Gasteiger partial charge in [0.05, 0.1) is 6.61 Å². The first-order chi connectivity index (χ1) is 8.20. The number of carboxylic acid groups (broad SMARTS) is 1. The normalized spacial score (nSPS) is 9.88. The fourth-order valence-electron chi connectivity index (χ4n) is 1.38. The van der Waals surface area contributed by atoms with E-state index < -0.39 is 11.8 Å². The van der Waals surface area contributed by atoms with Crippen molar-refractivity contribution in [2.75, 3.05) is 6.61 Å². The molecule has 0 aliphatic heterocycles. The molecule has 0 amide bonds. The van der Waals surface area contributed by atoms with Crippen LogP contribution in [0.1, 0.15) is 25.7 Å². The van der Waals surface area contributed by atoms with Crippen molar-refractivity contribution in [3.8, 4) is 5.75 Å². The van der Waals surface area contributed by atoms with Gasteiger partial charge in [-0.1, -0.05) is 18.2 Å². The van der Waals surface area contributed by atoms with Crippen LogP contribution in [0.25, 0.3) is 0 Å². The van der Waals surface area contributed by atoms with E-state index in [1.165, 1.54) is 0 Å². The van der Waals surface area contributed by atoms with Crippen LogP contribution < -0.4 is 4.74 Å². The molecule has 17 heavy (non-hydrogen) atoms. The lowest BCUT2D eigenvalue weighted by molar-refractivity contribution is -0.149. The summed E-state index contributed by atoms with van der Waals surface area (Å²) in [4.78, 5) is 21.0. The monoisotopic (exact) mass is 236 g/mol. The largest absolute Gasteiger partial charge is 0.494 e. The van der Waals surface area contributed by atoms with Crippen LogP contribution in [0.5, 0.6) is 5.75 Å². The highest BCUT2D eigenvalue weighted by Gasteiger charge is 2.09. The van der Waals surface area contributed by atoms with E-state index in [0.29, 0.717) is 13.0 Å². The van der Waals surface area contributed by atoms with Crippen LogP contribution in [-0.2, 0) is 9.59 Å². The second kappa shape index (κ2) is 7.44. The first-order valence-corrected chi connectivity index (χ1v) is 5.64. The quantitative estimate of drug-likeness (QED) is 0.555. The summed E-state index contributed by atoms with van der Waals surface area (Å²) in [6.45, 7) is 0.589. The second-order valence-corrected chi connectivity index (χ2v) is 3.70. The zero-order chi connectivity index (χ0) is 12.5. The van der Waals surface area contributed by atoms with Crippen molar-refractivity contribution in [1.29, 1.82) is 0 Å². The van der Waals surface area contributed by atoms with Gasteiger partial charge in [-0.3, -0.25) is 4.79 Å². The van der Waals surface area contributed by atoms with Crippen molar-refractivity contribution >= 4 is 11.8 Å². The summed E-state index contributed by atoms with van der Waals surface area (Å²) in [5.41, 5.74) is 0. The van der Waals surface area contributed by atoms with Crippen LogP contribution in [0.15, 0.2) is 30.3 Å². The maximum Gasteiger partial charge on any atom is 0.372 e. The van der Waals surface area contributed by atoms with Gasteiger partial charge in [0, 0.05) is 6.42 Å². The Morgan fingerprint density at radius 1 is 1.06 bits per heavy atom. The number of Topliss-reactive ketones (excluding diaryl/α,β-unsaturated/α-hetero) is 1. The second-order valence-electron chi connectivity index (χ2n) is 3.70. The Labute approximate surface area is 100 Å². The van der Waals surface area contributed by atoms with Crippen molar-refractivity contribution in [2.45, 2.75) is 25.7 Å². The van der Waals surface area contributed by atoms with Crippen LogP contribution in [0.3, 0.4) is 0 Å². The summed E-state index contributed by atoms with van der Waals surface area (Å²) in [6, 6.07) is 9.49. The van der Waals surface area contributed by atoms with E-state index in [2.05, 4.69) is 0 Å². The Kier molecular flexibility index (Phi) is 5.79. The van der Waals surface area contributed by atoms with Crippen molar-refractivity contribution < 1.29 is 19.4 Å². The molecule has 0 atom stereocenters. The third kappa shape index (κ3) is 5.70. The third-order valence-electron chi connectivity index (χ3n) is 2.30. The van der Waals surface area contributed by atoms with Crippen molar-refractivity contribution in [1.82, 2.24) is 0 Å². The summed E-state index contributed by atoms with van der Waals surface area (Å²) in [5, 5.41) is 8.36. The van der Waals surface area contributed by atoms with Crippen LogP contribution >= 0.6 is 0 Å². The molecule has 1 aromatic carbocycles. The Morgan fingerprint density at radius 2 is 1.76 bits per heavy atom. The highest BCUT2D eigenvalue weighted by atomic mass is 16.5. The van der Waals surface area contributed by atoms with Crippen molar-refractivity contribution in [3.63, 3.8) is 0 Å². The molecule has 0 saturated carbocycles. The number of ether oxygens (including phenoxy) is 1. The van der Waals surface area contributed by atoms with E-state index in [0.717, 1.165) is 18.6 Å². The van der Waals surface area contributed by atoms with E-state index in [1.807, 2.05) is 30.3 Å². The van der Waals surface area contributed by atoms with Crippen LogP contribution in [0, 0.1) is 0 Å². The van der Waals surface area contributed by atoms with Gasteiger partial charge in [-0.05, 0) is 31.4 Å². The molecule has 4 nitrogen and oxygen atoms in total. The highest BCUT2D eigenvalue weighted by molar-refractivity contribution is 6.32. The van der Waals surface area contributed by atoms with E-state index in [9.17, 15) is 9.59 Å². The SMILES string of the molecule is O=C(O)C(=O)CCCCCOc1ccccc1. The lowest BCUT2D eigenvalue weighted by Gasteiger charge is -2.04. The highest BCUT2D eigenvalue weighted by Crippen LogP contribution is 2.09. The number of benzene rings is 1. The summed E-state index contributed by atoms with van der Waals surface area (Å²) in [7, 11) is 0. The molecule has 0 spiro atoms. The molecular formula is C13H16O4. The summed E-state index contributed by atoms with van der Waals surface area (Å²) < 4.78 is 5.46. The number of para-hydroxylation sites is 1. The van der Waals surface area contributed by atoms with Crippen molar-refractivity contribution in [2.24, 2.45) is 0 Å². The molecule has 1 aromatic rings. The fourth-order valence-corrected chi connectivity index (χ4v) is 1.38. The molecule has 0 saturated heterocycles. The minimum absolute atomic E-state index is 0.112. The van der Waals surface area contributed by atoms with Gasteiger partial charge in [0.2, 0.25) is 5.78 Å². The zero-order valence-electron chi connectivity index (χ0n) is 9.59. The first-order valence-electron chi connectivity index (χ1n) is 5.64. The molecule has 0 radical (unpaired) electrons. The molecule has 0 aliphatic rings. The maximum absolute atomic E-state index is 10.8. The van der Waals surface area contributed by atoms with E-state index in [-0.39, 0.29) is 6.42 Å². The van der Waals surface area contributed by atoms with Gasteiger partial charge >= 0.3 is 5.97 Å². The molecule has 1 N–H and O–H groups in total. The van der Waals surface area contributed by atoms with E-state index >= 15 is 0 Å². The number of carboxylic acids is 1. The standard InChI is InChI=1S/C13H16O4/c14-12(13(15)16)9-5-2-6-10-17-11-7-3-1-4-8-11/h1,3-4,7-8H,2,5-6,9-10H2,(H,15,16). The van der Waals surface area contributed by atoms with Gasteiger partial charge in [0.1, 0.15) is 5.75 Å². The molecule has 0 unspecified atom stereocenters. The lowest BCUT2D eigenvalue weighted by atomic mass is 10.1. The number of carbonyl (C=O) groups is 2. The van der Waals surface area contributed by atoms with Gasteiger partial charge < -0.3 is 9.84 Å². The fraction of sp³-hybridized carbons (Fsp3) is 0.385. The summed E-state index contributed by atoms with van der Waals surface area (Å²) in [5.74, 6) is -1.23. The molecule has 0 aliphatic carbocycles. The number of hydrogen-bond donors (Lipinski definition) is 1. The zero-order valence-corrected chi connectivity index (χ0v) is 9.59. The van der Waals surface area contributed by atoms with E-state index in [4.69, 9.17) is 9.84 Å². The topological polar surface area (TPSA) is 63.6 Å². The molecule has 0 aromatic heterocycles. The number of unbranched alkanes of at least 4 members (excludes halogenated alkanes) is 2. The van der Waals surface area contributed by atoms with Crippen molar-refractivity contribution in [3.05, 3.63) is 30.3 Å². The summed E-state index contributed by atoms with van der Waals surface area (Å²) >= 11 is 0. The van der Waals surface area contributed by atoms with Crippen LogP contribution in [-0.4, -0.2) is 23.5 Å². The predicted molar refractivity (Wildman–Crippen MR) is 63.0 cm³/mol. The number of carbonyl (C=O) groups excluding carboxylic acids is 1. The molecule has 0 bridgehead atoms. The summed E-state index contributed by atoms with van der Waals surface area (Å²) in [6.07, 6.45) is 2.33.